The molecular formula is C24H16ClN3O4S2. The third-order valence-electron chi connectivity index (χ3n) is 5.14. The van der Waals surface area contributed by atoms with E-state index in [1.807, 2.05) is 13.0 Å². The molecule has 34 heavy (non-hydrogen) atoms. The zero-order chi connectivity index (χ0) is 23.8. The third kappa shape index (κ3) is 4.13. The van der Waals surface area contributed by atoms with Crippen LogP contribution in [0.25, 0.3) is 11.7 Å². The largest absolute Gasteiger partial charge is 0.467 e. The molecule has 0 N–H and O–H groups in total. The average Bonchev–Trinajstić information content (AvgIpc) is 3.42. The van der Waals surface area contributed by atoms with Crippen molar-refractivity contribution in [2.75, 3.05) is 0 Å². The van der Waals surface area contributed by atoms with Crippen molar-refractivity contribution in [3.05, 3.63) is 98.2 Å². The van der Waals surface area contributed by atoms with Gasteiger partial charge in [-0.2, -0.15) is 4.98 Å². The number of carbonyl (C=O) groups excluding carboxylic acids is 1. The van der Waals surface area contributed by atoms with Crippen LogP contribution in [-0.2, 0) is 11.3 Å². The first-order chi connectivity index (χ1) is 16.4. The summed E-state index contributed by atoms with van der Waals surface area (Å²) in [5, 5.41) is 0.366. The highest BCUT2D eigenvalue weighted by molar-refractivity contribution is 8.26. The molecule has 7 nitrogen and oxygen atoms in total. The molecule has 0 atom stereocenters. The molecule has 10 heteroatoms. The number of pyridine rings is 1. The second kappa shape index (κ2) is 9.09. The lowest BCUT2D eigenvalue weighted by molar-refractivity contribution is -0.122. The number of furan rings is 1. The molecule has 1 saturated heterocycles. The summed E-state index contributed by atoms with van der Waals surface area (Å²) in [5.41, 5.74) is 0.963. The van der Waals surface area contributed by atoms with Crippen LogP contribution in [0.4, 0.5) is 0 Å². The zero-order valence-electron chi connectivity index (χ0n) is 17.7. The summed E-state index contributed by atoms with van der Waals surface area (Å²) in [6, 6.07) is 14.0. The number of thiocarbonyl (C=S) groups is 1. The van der Waals surface area contributed by atoms with E-state index < -0.39 is 0 Å². The Morgan fingerprint density at radius 3 is 2.76 bits per heavy atom. The Balaban J connectivity index is 1.62. The molecule has 4 heterocycles. The van der Waals surface area contributed by atoms with E-state index >= 15 is 0 Å². The average molecular weight is 510 g/mol. The van der Waals surface area contributed by atoms with Crippen LogP contribution >= 0.6 is 35.6 Å². The van der Waals surface area contributed by atoms with Crippen molar-refractivity contribution < 1.29 is 13.9 Å². The second-order valence-electron chi connectivity index (χ2n) is 7.40. The van der Waals surface area contributed by atoms with Gasteiger partial charge in [0.15, 0.2) is 0 Å². The van der Waals surface area contributed by atoms with Crippen molar-refractivity contribution in [3.63, 3.8) is 0 Å². The van der Waals surface area contributed by atoms with Crippen LogP contribution in [0.1, 0.15) is 16.9 Å². The van der Waals surface area contributed by atoms with Crippen molar-refractivity contribution in [1.82, 2.24) is 14.3 Å². The first kappa shape index (κ1) is 22.4. The van der Waals surface area contributed by atoms with Crippen molar-refractivity contribution >= 4 is 57.5 Å². The fourth-order valence-corrected chi connectivity index (χ4v) is 4.86. The number of aromatic nitrogens is 2. The molecular weight excluding hydrogens is 494 g/mol. The lowest BCUT2D eigenvalue weighted by Gasteiger charge is -2.13. The molecule has 0 radical (unpaired) electrons. The molecule has 0 spiro atoms. The van der Waals surface area contributed by atoms with E-state index in [1.54, 1.807) is 48.7 Å². The Labute approximate surface area is 208 Å². The van der Waals surface area contributed by atoms with Crippen LogP contribution in [-0.4, -0.2) is 24.5 Å². The van der Waals surface area contributed by atoms with E-state index in [0.29, 0.717) is 26.5 Å². The molecule has 0 aliphatic carbocycles. The highest BCUT2D eigenvalue weighted by Crippen LogP contribution is 2.36. The molecule has 3 aromatic heterocycles. The standard InChI is InChI=1S/C24H16ClN3O4S2/c1-14-6-4-10-27-20(14)26-21(32-18-9-3-2-8-17(18)25)16(22(27)29)12-19-23(30)28(24(33)34-19)13-15-7-5-11-31-15/h2-12H,13H2,1H3/b19-12+. The van der Waals surface area contributed by atoms with Crippen molar-refractivity contribution in [1.29, 1.82) is 0 Å². The monoisotopic (exact) mass is 509 g/mol. The minimum absolute atomic E-state index is 0.0451. The SMILES string of the molecule is Cc1cccn2c(=O)c(/C=C3/SC(=S)N(Cc4ccco4)C3=O)c(Oc3ccccc3Cl)nc12. The van der Waals surface area contributed by atoms with Gasteiger partial charge in [-0.15, -0.1) is 0 Å². The fourth-order valence-electron chi connectivity index (χ4n) is 3.45. The summed E-state index contributed by atoms with van der Waals surface area (Å²) in [6.07, 6.45) is 4.62. The first-order valence-corrected chi connectivity index (χ1v) is 11.7. The number of thioether (sulfide) groups is 1. The van der Waals surface area contributed by atoms with E-state index in [1.165, 1.54) is 21.6 Å². The summed E-state index contributed by atoms with van der Waals surface area (Å²) < 4.78 is 13.1. The molecule has 0 saturated carbocycles. The Hall–Kier alpha value is -3.40. The predicted octanol–water partition coefficient (Wildman–Crippen LogP) is 5.44. The van der Waals surface area contributed by atoms with Gasteiger partial charge in [0, 0.05) is 6.20 Å². The number of benzene rings is 1. The van der Waals surface area contributed by atoms with Gasteiger partial charge in [0.25, 0.3) is 11.5 Å². The van der Waals surface area contributed by atoms with Crippen molar-refractivity contribution in [2.24, 2.45) is 0 Å². The van der Waals surface area contributed by atoms with E-state index in [9.17, 15) is 9.59 Å². The van der Waals surface area contributed by atoms with Crippen LogP contribution in [0.3, 0.4) is 0 Å². The molecule has 0 bridgehead atoms. The molecule has 1 aliphatic heterocycles. The van der Waals surface area contributed by atoms with Crippen molar-refractivity contribution in [3.8, 4) is 11.6 Å². The van der Waals surface area contributed by atoms with E-state index in [2.05, 4.69) is 4.98 Å². The van der Waals surface area contributed by atoms with Gasteiger partial charge in [0.2, 0.25) is 5.88 Å². The fraction of sp³-hybridized carbons (Fsp3) is 0.0833. The number of aryl methyl sites for hydroxylation is 1. The summed E-state index contributed by atoms with van der Waals surface area (Å²) in [6.45, 7) is 2.05. The molecule has 1 aromatic carbocycles. The van der Waals surface area contributed by atoms with Crippen LogP contribution in [0, 0.1) is 6.92 Å². The quantitative estimate of drug-likeness (QED) is 0.262. The number of rotatable bonds is 5. The van der Waals surface area contributed by atoms with Gasteiger partial charge >= 0.3 is 0 Å². The van der Waals surface area contributed by atoms with Gasteiger partial charge in [-0.25, -0.2) is 0 Å². The lowest BCUT2D eigenvalue weighted by Crippen LogP contribution is -2.27. The lowest BCUT2D eigenvalue weighted by atomic mass is 10.2. The highest BCUT2D eigenvalue weighted by atomic mass is 35.5. The molecule has 1 amide bonds. The Kier molecular flexibility index (Phi) is 5.99. The third-order valence-corrected chi connectivity index (χ3v) is 6.83. The zero-order valence-corrected chi connectivity index (χ0v) is 20.1. The molecule has 1 fully saturated rings. The summed E-state index contributed by atoms with van der Waals surface area (Å²) in [5.74, 6) is 0.657. The van der Waals surface area contributed by atoms with Gasteiger partial charge in [-0.1, -0.05) is 53.8 Å². The van der Waals surface area contributed by atoms with E-state index in [4.69, 9.17) is 33.0 Å². The molecule has 170 valence electrons. The minimum atomic E-state index is -0.382. The van der Waals surface area contributed by atoms with Crippen molar-refractivity contribution in [2.45, 2.75) is 13.5 Å². The Morgan fingerprint density at radius 2 is 2.00 bits per heavy atom. The van der Waals surface area contributed by atoms with Crippen LogP contribution in [0.2, 0.25) is 5.02 Å². The number of amides is 1. The molecule has 0 unspecified atom stereocenters. The molecule has 4 aromatic rings. The van der Waals surface area contributed by atoms with Crippen LogP contribution in [0.5, 0.6) is 11.6 Å². The maximum absolute atomic E-state index is 13.5. The Morgan fingerprint density at radius 1 is 1.18 bits per heavy atom. The minimum Gasteiger partial charge on any atom is -0.467 e. The summed E-state index contributed by atoms with van der Waals surface area (Å²) in [4.78, 5) is 32.9. The number of nitrogens with zero attached hydrogens (tertiary/aromatic N) is 3. The second-order valence-corrected chi connectivity index (χ2v) is 9.48. The van der Waals surface area contributed by atoms with E-state index in [0.717, 1.165) is 17.3 Å². The maximum Gasteiger partial charge on any atom is 0.269 e. The number of ether oxygens (including phenoxy) is 1. The van der Waals surface area contributed by atoms with Gasteiger partial charge < -0.3 is 9.15 Å². The van der Waals surface area contributed by atoms with Crippen LogP contribution < -0.4 is 10.3 Å². The molecule has 5 rings (SSSR count). The van der Waals surface area contributed by atoms with Gasteiger partial charge in [-0.3, -0.25) is 18.9 Å². The number of para-hydroxylation sites is 1. The summed E-state index contributed by atoms with van der Waals surface area (Å²) in [7, 11) is 0. The number of halogens is 1. The number of fused-ring (bicyclic) bond motifs is 1. The van der Waals surface area contributed by atoms with Gasteiger partial charge in [0.1, 0.15) is 27.0 Å². The highest BCUT2D eigenvalue weighted by Gasteiger charge is 2.33. The number of carbonyl (C=O) groups is 1. The normalized spacial score (nSPS) is 15.0. The Bertz CT molecular complexity index is 1530. The molecule has 1 aliphatic rings. The first-order valence-electron chi connectivity index (χ1n) is 10.1. The predicted molar refractivity (Wildman–Crippen MR) is 135 cm³/mol. The van der Waals surface area contributed by atoms with Crippen LogP contribution in [0.15, 0.2) is 75.1 Å². The smallest absolute Gasteiger partial charge is 0.269 e. The maximum atomic E-state index is 13.5. The number of hydrogen-bond acceptors (Lipinski definition) is 7. The van der Waals surface area contributed by atoms with Gasteiger partial charge in [-0.05, 0) is 48.9 Å². The van der Waals surface area contributed by atoms with E-state index in [-0.39, 0.29) is 34.4 Å². The topological polar surface area (TPSA) is 77.0 Å². The summed E-state index contributed by atoms with van der Waals surface area (Å²) >= 11 is 12.8. The van der Waals surface area contributed by atoms with Gasteiger partial charge in [0.05, 0.1) is 22.7 Å². The number of hydrogen-bond donors (Lipinski definition) is 0.